The molecule has 1 N–H and O–H groups in total. The maximum Gasteiger partial charge on any atom is 0.234 e. The van der Waals surface area contributed by atoms with E-state index in [2.05, 4.69) is 17.4 Å². The van der Waals surface area contributed by atoms with Gasteiger partial charge in [-0.25, -0.2) is 0 Å². The Hall–Kier alpha value is -1.84. The summed E-state index contributed by atoms with van der Waals surface area (Å²) in [5.74, 6) is 0.0421. The van der Waals surface area contributed by atoms with Crippen LogP contribution in [0.5, 0.6) is 0 Å². The molecular formula is C18H21ClN2O. The van der Waals surface area contributed by atoms with E-state index in [9.17, 15) is 4.79 Å². The second-order valence-corrected chi connectivity index (χ2v) is 5.82. The van der Waals surface area contributed by atoms with Gasteiger partial charge in [-0.1, -0.05) is 54.1 Å². The van der Waals surface area contributed by atoms with Gasteiger partial charge in [0.15, 0.2) is 0 Å². The topological polar surface area (TPSA) is 32.3 Å². The van der Waals surface area contributed by atoms with Crippen LogP contribution >= 0.6 is 11.6 Å². The van der Waals surface area contributed by atoms with Crippen LogP contribution in [0.3, 0.4) is 0 Å². The normalized spacial score (nSPS) is 10.7. The molecule has 0 saturated heterocycles. The molecule has 0 radical (unpaired) electrons. The lowest BCUT2D eigenvalue weighted by Gasteiger charge is -2.16. The molecule has 0 aromatic heterocycles. The van der Waals surface area contributed by atoms with Crippen LogP contribution in [-0.2, 0) is 17.8 Å². The van der Waals surface area contributed by atoms with Gasteiger partial charge in [-0.15, -0.1) is 0 Å². The summed E-state index contributed by atoms with van der Waals surface area (Å²) in [6.45, 7) is 1.78. The number of benzene rings is 2. The van der Waals surface area contributed by atoms with Gasteiger partial charge in [0.25, 0.3) is 0 Å². The summed E-state index contributed by atoms with van der Waals surface area (Å²) in [5.41, 5.74) is 2.34. The van der Waals surface area contributed by atoms with Crippen molar-refractivity contribution < 1.29 is 4.79 Å². The van der Waals surface area contributed by atoms with Gasteiger partial charge in [-0.05, 0) is 36.7 Å². The molecule has 2 aromatic carbocycles. The summed E-state index contributed by atoms with van der Waals surface area (Å²) in [6, 6.07) is 17.8. The number of likely N-dealkylation sites (N-methyl/N-ethyl adjacent to an activating group) is 1. The van der Waals surface area contributed by atoms with E-state index in [1.54, 1.807) is 0 Å². The van der Waals surface area contributed by atoms with Crippen molar-refractivity contribution in [3.8, 4) is 0 Å². The Bertz CT molecular complexity index is 601. The molecule has 0 aliphatic heterocycles. The van der Waals surface area contributed by atoms with Crippen molar-refractivity contribution >= 4 is 17.5 Å². The molecule has 0 saturated carbocycles. The van der Waals surface area contributed by atoms with E-state index < -0.39 is 0 Å². The van der Waals surface area contributed by atoms with Crippen molar-refractivity contribution in [2.75, 3.05) is 20.1 Å². The number of carbonyl (C=O) groups excluding carboxylic acids is 1. The van der Waals surface area contributed by atoms with Crippen LogP contribution in [-0.4, -0.2) is 30.9 Å². The molecule has 0 atom stereocenters. The fourth-order valence-electron chi connectivity index (χ4n) is 2.29. The average Bonchev–Trinajstić information content (AvgIpc) is 2.48. The molecule has 2 aromatic rings. The highest BCUT2D eigenvalue weighted by Gasteiger charge is 2.06. The largest absolute Gasteiger partial charge is 0.355 e. The number of amides is 1. The summed E-state index contributed by atoms with van der Waals surface area (Å²) in [7, 11) is 1.95. The maximum absolute atomic E-state index is 11.9. The van der Waals surface area contributed by atoms with E-state index in [4.69, 9.17) is 11.6 Å². The van der Waals surface area contributed by atoms with Crippen LogP contribution in [0.1, 0.15) is 11.1 Å². The SMILES string of the molecule is CN(CC(=O)NCCc1cccc(Cl)c1)Cc1ccccc1. The zero-order valence-electron chi connectivity index (χ0n) is 12.8. The Morgan fingerprint density at radius 2 is 1.82 bits per heavy atom. The van der Waals surface area contributed by atoms with Gasteiger partial charge in [-0.2, -0.15) is 0 Å². The van der Waals surface area contributed by atoms with Crippen LogP contribution in [0.15, 0.2) is 54.6 Å². The van der Waals surface area contributed by atoms with Crippen molar-refractivity contribution in [3.05, 3.63) is 70.7 Å². The van der Waals surface area contributed by atoms with Crippen molar-refractivity contribution in [3.63, 3.8) is 0 Å². The first-order valence-electron chi connectivity index (χ1n) is 7.37. The Labute approximate surface area is 136 Å². The number of rotatable bonds is 7. The smallest absolute Gasteiger partial charge is 0.234 e. The molecule has 1 amide bonds. The number of nitrogens with zero attached hydrogens (tertiary/aromatic N) is 1. The zero-order chi connectivity index (χ0) is 15.8. The Morgan fingerprint density at radius 1 is 1.09 bits per heavy atom. The van der Waals surface area contributed by atoms with Gasteiger partial charge in [0.1, 0.15) is 0 Å². The van der Waals surface area contributed by atoms with Gasteiger partial charge in [-0.3, -0.25) is 9.69 Å². The van der Waals surface area contributed by atoms with Gasteiger partial charge >= 0.3 is 0 Å². The molecule has 3 nitrogen and oxygen atoms in total. The maximum atomic E-state index is 11.9. The molecule has 0 heterocycles. The van der Waals surface area contributed by atoms with E-state index in [1.807, 2.05) is 54.4 Å². The highest BCUT2D eigenvalue weighted by atomic mass is 35.5. The molecule has 0 spiro atoms. The third kappa shape index (κ3) is 5.88. The van der Waals surface area contributed by atoms with Crippen LogP contribution < -0.4 is 5.32 Å². The highest BCUT2D eigenvalue weighted by Crippen LogP contribution is 2.10. The highest BCUT2D eigenvalue weighted by molar-refractivity contribution is 6.30. The van der Waals surface area contributed by atoms with Gasteiger partial charge < -0.3 is 5.32 Å². The Balaban J connectivity index is 1.69. The molecule has 22 heavy (non-hydrogen) atoms. The van der Waals surface area contributed by atoms with Crippen molar-refractivity contribution in [1.82, 2.24) is 10.2 Å². The van der Waals surface area contributed by atoms with Crippen molar-refractivity contribution in [2.24, 2.45) is 0 Å². The van der Waals surface area contributed by atoms with Crippen molar-refractivity contribution in [2.45, 2.75) is 13.0 Å². The van der Waals surface area contributed by atoms with Crippen LogP contribution in [0, 0.1) is 0 Å². The quantitative estimate of drug-likeness (QED) is 0.851. The fraction of sp³-hybridized carbons (Fsp3) is 0.278. The molecule has 0 bridgehead atoms. The fourth-order valence-corrected chi connectivity index (χ4v) is 2.50. The third-order valence-corrected chi connectivity index (χ3v) is 3.57. The molecule has 4 heteroatoms. The Kier molecular flexibility index (Phi) is 6.44. The number of carbonyl (C=O) groups is 1. The second-order valence-electron chi connectivity index (χ2n) is 5.39. The van der Waals surface area contributed by atoms with E-state index >= 15 is 0 Å². The van der Waals surface area contributed by atoms with Gasteiger partial charge in [0.2, 0.25) is 5.91 Å². The first-order valence-corrected chi connectivity index (χ1v) is 7.75. The first kappa shape index (κ1) is 16.5. The molecule has 116 valence electrons. The number of hydrogen-bond donors (Lipinski definition) is 1. The summed E-state index contributed by atoms with van der Waals surface area (Å²) < 4.78 is 0. The van der Waals surface area contributed by atoms with E-state index in [0.717, 1.165) is 23.6 Å². The Morgan fingerprint density at radius 3 is 2.55 bits per heavy atom. The monoisotopic (exact) mass is 316 g/mol. The van der Waals surface area contributed by atoms with Gasteiger partial charge in [0, 0.05) is 18.1 Å². The molecular weight excluding hydrogens is 296 g/mol. The van der Waals surface area contributed by atoms with E-state index in [-0.39, 0.29) is 5.91 Å². The van der Waals surface area contributed by atoms with Crippen molar-refractivity contribution in [1.29, 1.82) is 0 Å². The molecule has 0 fully saturated rings. The van der Waals surface area contributed by atoms with Crippen LogP contribution in [0.25, 0.3) is 0 Å². The van der Waals surface area contributed by atoms with E-state index in [0.29, 0.717) is 13.1 Å². The summed E-state index contributed by atoms with van der Waals surface area (Å²) >= 11 is 5.94. The number of nitrogens with one attached hydrogen (secondary N) is 1. The summed E-state index contributed by atoms with van der Waals surface area (Å²) in [5, 5.41) is 3.67. The molecule has 0 aliphatic rings. The molecule has 2 rings (SSSR count). The lowest BCUT2D eigenvalue weighted by molar-refractivity contribution is -0.122. The minimum absolute atomic E-state index is 0.0421. The molecule has 0 unspecified atom stereocenters. The second kappa shape index (κ2) is 8.57. The predicted molar refractivity (Wildman–Crippen MR) is 90.9 cm³/mol. The predicted octanol–water partition coefficient (Wildman–Crippen LogP) is 3.13. The van der Waals surface area contributed by atoms with Crippen LogP contribution in [0.4, 0.5) is 0 Å². The lowest BCUT2D eigenvalue weighted by atomic mass is 10.1. The van der Waals surface area contributed by atoms with E-state index in [1.165, 1.54) is 5.56 Å². The standard InChI is InChI=1S/C18H21ClN2O/c1-21(13-16-6-3-2-4-7-16)14-18(22)20-11-10-15-8-5-9-17(19)12-15/h2-9,12H,10-11,13-14H2,1H3,(H,20,22). The third-order valence-electron chi connectivity index (χ3n) is 3.33. The summed E-state index contributed by atoms with van der Waals surface area (Å²) in [4.78, 5) is 13.9. The number of hydrogen-bond acceptors (Lipinski definition) is 2. The summed E-state index contributed by atoms with van der Waals surface area (Å²) in [6.07, 6.45) is 0.786. The zero-order valence-corrected chi connectivity index (χ0v) is 13.5. The minimum Gasteiger partial charge on any atom is -0.355 e. The number of halogens is 1. The minimum atomic E-state index is 0.0421. The average molecular weight is 317 g/mol. The lowest BCUT2D eigenvalue weighted by Crippen LogP contribution is -2.35. The van der Waals surface area contributed by atoms with Gasteiger partial charge in [0.05, 0.1) is 6.54 Å². The van der Waals surface area contributed by atoms with Crippen LogP contribution in [0.2, 0.25) is 5.02 Å². The first-order chi connectivity index (χ1) is 10.6. The molecule has 0 aliphatic carbocycles.